The third kappa shape index (κ3) is 6.69. The molecular weight excluding hydrogens is 401 g/mol. The number of aliphatic imine (C=N–C) groups is 1. The lowest BCUT2D eigenvalue weighted by Crippen LogP contribution is -2.39. The second-order valence-corrected chi connectivity index (χ2v) is 6.34. The fourth-order valence-corrected chi connectivity index (χ4v) is 3.22. The number of aryl methyl sites for hydroxylation is 1. The van der Waals surface area contributed by atoms with Crippen molar-refractivity contribution in [2.75, 3.05) is 19.6 Å². The number of imidazole rings is 1. The van der Waals surface area contributed by atoms with Crippen molar-refractivity contribution in [3.63, 3.8) is 0 Å². The zero-order chi connectivity index (χ0) is 15.7. The Labute approximate surface area is 157 Å². The predicted octanol–water partition coefficient (Wildman–Crippen LogP) is 3.42. The van der Waals surface area contributed by atoms with Crippen molar-refractivity contribution in [3.8, 4) is 0 Å². The number of hydrogen-bond acceptors (Lipinski definition) is 2. The van der Waals surface area contributed by atoms with Crippen LogP contribution in [-0.4, -0.2) is 35.1 Å². The van der Waals surface area contributed by atoms with E-state index in [9.17, 15) is 0 Å². The summed E-state index contributed by atoms with van der Waals surface area (Å²) in [6.07, 6.45) is 13.4. The Morgan fingerprint density at radius 1 is 1.26 bits per heavy atom. The molecule has 1 saturated carbocycles. The van der Waals surface area contributed by atoms with Crippen molar-refractivity contribution >= 4 is 29.9 Å². The maximum Gasteiger partial charge on any atom is 0.191 e. The molecule has 0 amide bonds. The van der Waals surface area contributed by atoms with Gasteiger partial charge in [0.15, 0.2) is 5.96 Å². The molecule has 0 atom stereocenters. The summed E-state index contributed by atoms with van der Waals surface area (Å²) in [6, 6.07) is 0. The van der Waals surface area contributed by atoms with Gasteiger partial charge in [-0.1, -0.05) is 19.8 Å². The lowest BCUT2D eigenvalue weighted by molar-refractivity contribution is 0.297. The fraction of sp³-hybridized carbons (Fsp3) is 0.765. The molecule has 1 aromatic rings. The monoisotopic (exact) mass is 433 g/mol. The van der Waals surface area contributed by atoms with E-state index >= 15 is 0 Å². The molecule has 0 spiro atoms. The van der Waals surface area contributed by atoms with Crippen LogP contribution in [0.5, 0.6) is 0 Å². The normalized spacial score (nSPS) is 16.9. The van der Waals surface area contributed by atoms with Crippen LogP contribution in [0.2, 0.25) is 0 Å². The number of nitrogens with zero attached hydrogens (tertiary/aromatic N) is 3. The number of nitrogens with one attached hydrogen (secondary N) is 2. The molecule has 1 fully saturated rings. The molecule has 5 nitrogen and oxygen atoms in total. The summed E-state index contributed by atoms with van der Waals surface area (Å²) in [5, 5.41) is 6.81. The van der Waals surface area contributed by atoms with E-state index in [2.05, 4.69) is 34.0 Å². The standard InChI is InChI=1S/C17H31N5.HI/c1-3-17(8-5-6-9-17)14-21-16(19-4-2)20-10-7-12-22-13-11-18-15-22;/h11,13,15H,3-10,12,14H2,1-2H3,(H2,19,20,21);1H. The van der Waals surface area contributed by atoms with Gasteiger partial charge in [-0.25, -0.2) is 4.98 Å². The van der Waals surface area contributed by atoms with Gasteiger partial charge in [0.1, 0.15) is 0 Å². The van der Waals surface area contributed by atoms with E-state index in [-0.39, 0.29) is 24.0 Å². The first kappa shape index (κ1) is 20.3. The van der Waals surface area contributed by atoms with Crippen molar-refractivity contribution in [2.24, 2.45) is 10.4 Å². The Kier molecular flexibility index (Phi) is 9.59. The lowest BCUT2D eigenvalue weighted by atomic mass is 9.84. The Bertz CT molecular complexity index is 438. The molecule has 0 aromatic carbocycles. The van der Waals surface area contributed by atoms with E-state index < -0.39 is 0 Å². The summed E-state index contributed by atoms with van der Waals surface area (Å²) in [5.74, 6) is 0.966. The molecule has 132 valence electrons. The molecule has 2 N–H and O–H groups in total. The van der Waals surface area contributed by atoms with Crippen molar-refractivity contribution in [3.05, 3.63) is 18.7 Å². The molecule has 1 aliphatic rings. The van der Waals surface area contributed by atoms with Crippen LogP contribution in [0, 0.1) is 5.41 Å². The largest absolute Gasteiger partial charge is 0.357 e. The minimum absolute atomic E-state index is 0. The molecule has 0 bridgehead atoms. The molecule has 0 saturated heterocycles. The van der Waals surface area contributed by atoms with Crippen LogP contribution >= 0.6 is 24.0 Å². The van der Waals surface area contributed by atoms with E-state index in [1.165, 1.54) is 32.1 Å². The minimum Gasteiger partial charge on any atom is -0.357 e. The number of halogens is 1. The SMILES string of the molecule is CCNC(=NCC1(CC)CCCC1)NCCCn1ccnc1.I. The molecule has 2 rings (SSSR count). The van der Waals surface area contributed by atoms with Gasteiger partial charge in [-0.05, 0) is 38.0 Å². The second kappa shape index (κ2) is 10.9. The number of hydrogen-bond donors (Lipinski definition) is 2. The first-order chi connectivity index (χ1) is 10.8. The predicted molar refractivity (Wildman–Crippen MR) is 107 cm³/mol. The van der Waals surface area contributed by atoms with Gasteiger partial charge < -0.3 is 15.2 Å². The number of guanidine groups is 1. The summed E-state index contributed by atoms with van der Waals surface area (Å²) in [6.45, 7) is 8.22. The van der Waals surface area contributed by atoms with Gasteiger partial charge in [0.05, 0.1) is 6.33 Å². The number of aromatic nitrogens is 2. The zero-order valence-electron chi connectivity index (χ0n) is 14.6. The maximum atomic E-state index is 4.85. The topological polar surface area (TPSA) is 54.2 Å². The first-order valence-electron chi connectivity index (χ1n) is 8.76. The van der Waals surface area contributed by atoms with E-state index in [1.807, 2.05) is 18.7 Å². The minimum atomic E-state index is 0. The van der Waals surface area contributed by atoms with Gasteiger partial charge >= 0.3 is 0 Å². The maximum absolute atomic E-state index is 4.85. The van der Waals surface area contributed by atoms with Gasteiger partial charge in [0.2, 0.25) is 0 Å². The van der Waals surface area contributed by atoms with Crippen LogP contribution in [0.3, 0.4) is 0 Å². The van der Waals surface area contributed by atoms with E-state index in [4.69, 9.17) is 4.99 Å². The van der Waals surface area contributed by atoms with Crippen molar-refractivity contribution < 1.29 is 0 Å². The fourth-order valence-electron chi connectivity index (χ4n) is 3.22. The van der Waals surface area contributed by atoms with Crippen molar-refractivity contribution in [1.82, 2.24) is 20.2 Å². The molecule has 1 aliphatic carbocycles. The summed E-state index contributed by atoms with van der Waals surface area (Å²) in [7, 11) is 0. The van der Waals surface area contributed by atoms with Gasteiger partial charge in [-0.15, -0.1) is 24.0 Å². The van der Waals surface area contributed by atoms with Gasteiger partial charge in [0.25, 0.3) is 0 Å². The van der Waals surface area contributed by atoms with E-state index in [0.717, 1.165) is 38.6 Å². The summed E-state index contributed by atoms with van der Waals surface area (Å²) >= 11 is 0. The third-order valence-corrected chi connectivity index (χ3v) is 4.78. The molecule has 1 aromatic heterocycles. The zero-order valence-corrected chi connectivity index (χ0v) is 16.9. The molecule has 6 heteroatoms. The molecule has 0 radical (unpaired) electrons. The van der Waals surface area contributed by atoms with Gasteiger partial charge in [-0.2, -0.15) is 0 Å². The lowest BCUT2D eigenvalue weighted by Gasteiger charge is -2.25. The van der Waals surface area contributed by atoms with Gasteiger partial charge in [0, 0.05) is 38.6 Å². The molecule has 0 unspecified atom stereocenters. The van der Waals surface area contributed by atoms with Crippen LogP contribution in [0.1, 0.15) is 52.4 Å². The highest BCUT2D eigenvalue weighted by Gasteiger charge is 2.31. The van der Waals surface area contributed by atoms with Crippen LogP contribution in [0.25, 0.3) is 0 Å². The molecule has 0 aliphatic heterocycles. The van der Waals surface area contributed by atoms with Crippen LogP contribution in [-0.2, 0) is 6.54 Å². The molecule has 23 heavy (non-hydrogen) atoms. The molecule has 1 heterocycles. The third-order valence-electron chi connectivity index (χ3n) is 4.78. The summed E-state index contributed by atoms with van der Waals surface area (Å²) in [4.78, 5) is 8.91. The highest BCUT2D eigenvalue weighted by molar-refractivity contribution is 14.0. The average Bonchev–Trinajstić information content (AvgIpc) is 3.21. The Morgan fingerprint density at radius 3 is 2.65 bits per heavy atom. The summed E-state index contributed by atoms with van der Waals surface area (Å²) < 4.78 is 2.11. The highest BCUT2D eigenvalue weighted by atomic mass is 127. The average molecular weight is 433 g/mol. The van der Waals surface area contributed by atoms with Crippen molar-refractivity contribution in [1.29, 1.82) is 0 Å². The Morgan fingerprint density at radius 2 is 2.04 bits per heavy atom. The van der Waals surface area contributed by atoms with E-state index in [0.29, 0.717) is 5.41 Å². The quantitative estimate of drug-likeness (QED) is 0.286. The smallest absolute Gasteiger partial charge is 0.191 e. The molecular formula is C17H32IN5. The Balaban J connectivity index is 0.00000264. The van der Waals surface area contributed by atoms with Crippen LogP contribution in [0.15, 0.2) is 23.7 Å². The summed E-state index contributed by atoms with van der Waals surface area (Å²) in [5.41, 5.74) is 0.458. The van der Waals surface area contributed by atoms with Gasteiger partial charge in [-0.3, -0.25) is 4.99 Å². The first-order valence-corrected chi connectivity index (χ1v) is 8.76. The highest BCUT2D eigenvalue weighted by Crippen LogP contribution is 2.41. The number of rotatable bonds is 8. The van der Waals surface area contributed by atoms with Crippen LogP contribution in [0.4, 0.5) is 0 Å². The van der Waals surface area contributed by atoms with Crippen LogP contribution < -0.4 is 10.6 Å². The van der Waals surface area contributed by atoms with Crippen molar-refractivity contribution in [2.45, 2.75) is 58.9 Å². The van der Waals surface area contributed by atoms with E-state index in [1.54, 1.807) is 0 Å². The Hall–Kier alpha value is -0.790. The second-order valence-electron chi connectivity index (χ2n) is 6.34.